The van der Waals surface area contributed by atoms with E-state index < -0.39 is 11.6 Å². The summed E-state index contributed by atoms with van der Waals surface area (Å²) in [6, 6.07) is 20.0. The van der Waals surface area contributed by atoms with Gasteiger partial charge in [-0.1, -0.05) is 67.6 Å². The molecule has 3 aliphatic heterocycles. The number of carbonyl (C=O) groups is 2. The van der Waals surface area contributed by atoms with E-state index in [1.807, 2.05) is 60.7 Å². The van der Waals surface area contributed by atoms with Gasteiger partial charge in [0, 0.05) is 44.9 Å². The van der Waals surface area contributed by atoms with Crippen molar-refractivity contribution in [3.8, 4) is 0 Å². The van der Waals surface area contributed by atoms with E-state index in [4.69, 9.17) is 14.2 Å². The standard InChI is InChI=1S/C29H36NO5/c1-2-27(31)33-21-34-29(22-11-5-3-6-12-22,23-13-7-4-8-14-23)28(32)35-26-19-24-15-16-25(20-26)30(24)17-9-10-18-30/h3-8,11-14,24-26H,2,9-10,15-21H2,1H3/q+1. The number of nitrogens with zero attached hydrogens (tertiary/aromatic N) is 1. The molecule has 0 saturated carbocycles. The van der Waals surface area contributed by atoms with Gasteiger partial charge in [-0.3, -0.25) is 4.79 Å². The van der Waals surface area contributed by atoms with Gasteiger partial charge < -0.3 is 18.7 Å². The number of benzene rings is 2. The fourth-order valence-corrected chi connectivity index (χ4v) is 6.80. The molecule has 6 nitrogen and oxygen atoms in total. The molecular weight excluding hydrogens is 442 g/mol. The lowest BCUT2D eigenvalue weighted by molar-refractivity contribution is -0.956. The van der Waals surface area contributed by atoms with Crippen molar-refractivity contribution in [3.05, 3.63) is 71.8 Å². The van der Waals surface area contributed by atoms with Crippen LogP contribution in [0, 0.1) is 0 Å². The fourth-order valence-electron chi connectivity index (χ4n) is 6.80. The summed E-state index contributed by atoms with van der Waals surface area (Å²) < 4.78 is 19.1. The summed E-state index contributed by atoms with van der Waals surface area (Å²) in [7, 11) is 0. The van der Waals surface area contributed by atoms with Gasteiger partial charge in [-0.15, -0.1) is 0 Å². The topological polar surface area (TPSA) is 61.8 Å². The van der Waals surface area contributed by atoms with Crippen LogP contribution in [-0.4, -0.2) is 54.5 Å². The Bertz CT molecular complexity index is 962. The Kier molecular flexibility index (Phi) is 6.94. The third-order valence-electron chi connectivity index (χ3n) is 8.46. The average Bonchev–Trinajstić information content (AvgIpc) is 3.44. The Labute approximate surface area is 207 Å². The van der Waals surface area contributed by atoms with E-state index in [9.17, 15) is 9.59 Å². The summed E-state index contributed by atoms with van der Waals surface area (Å²) in [6.45, 7) is 3.95. The molecule has 0 amide bonds. The van der Waals surface area contributed by atoms with Crippen LogP contribution in [0.4, 0.5) is 0 Å². The molecule has 1 spiro atoms. The van der Waals surface area contributed by atoms with Gasteiger partial charge in [0.2, 0.25) is 5.60 Å². The van der Waals surface area contributed by atoms with Crippen LogP contribution in [0.2, 0.25) is 0 Å². The van der Waals surface area contributed by atoms with Gasteiger partial charge in [-0.05, 0) is 11.1 Å². The Balaban J connectivity index is 1.44. The molecule has 6 heteroatoms. The van der Waals surface area contributed by atoms with Crippen molar-refractivity contribution in [2.24, 2.45) is 0 Å². The molecule has 3 fully saturated rings. The molecule has 3 heterocycles. The Hall–Kier alpha value is -2.70. The highest BCUT2D eigenvalue weighted by atomic mass is 16.7. The molecule has 2 unspecified atom stereocenters. The third kappa shape index (κ3) is 4.38. The predicted octanol–water partition coefficient (Wildman–Crippen LogP) is 4.70. The first-order chi connectivity index (χ1) is 17.1. The predicted molar refractivity (Wildman–Crippen MR) is 131 cm³/mol. The zero-order valence-corrected chi connectivity index (χ0v) is 20.6. The Morgan fingerprint density at radius 1 is 0.886 bits per heavy atom. The van der Waals surface area contributed by atoms with Crippen LogP contribution in [0.15, 0.2) is 60.7 Å². The Morgan fingerprint density at radius 3 is 1.94 bits per heavy atom. The van der Waals surface area contributed by atoms with E-state index >= 15 is 0 Å². The zero-order chi connectivity index (χ0) is 24.3. The van der Waals surface area contributed by atoms with Crippen LogP contribution in [0.3, 0.4) is 0 Å². The summed E-state index contributed by atoms with van der Waals surface area (Å²) in [6.07, 6.45) is 7.01. The molecule has 35 heavy (non-hydrogen) atoms. The highest BCUT2D eigenvalue weighted by molar-refractivity contribution is 5.86. The van der Waals surface area contributed by atoms with Crippen molar-refractivity contribution in [1.29, 1.82) is 0 Å². The lowest BCUT2D eigenvalue weighted by Crippen LogP contribution is -2.60. The summed E-state index contributed by atoms with van der Waals surface area (Å²) in [4.78, 5) is 26.0. The van der Waals surface area contributed by atoms with Gasteiger partial charge in [0.25, 0.3) is 0 Å². The van der Waals surface area contributed by atoms with Crippen LogP contribution < -0.4 is 0 Å². The van der Waals surface area contributed by atoms with Crippen LogP contribution in [-0.2, 0) is 29.4 Å². The van der Waals surface area contributed by atoms with Gasteiger partial charge in [0.15, 0.2) is 6.79 Å². The molecule has 3 saturated heterocycles. The van der Waals surface area contributed by atoms with E-state index in [1.165, 1.54) is 43.3 Å². The molecule has 2 aromatic rings. The van der Waals surface area contributed by atoms with E-state index in [-0.39, 0.29) is 25.3 Å². The molecule has 3 aliphatic rings. The molecule has 2 aromatic carbocycles. The van der Waals surface area contributed by atoms with Gasteiger partial charge >= 0.3 is 11.9 Å². The largest absolute Gasteiger partial charge is 0.459 e. The second kappa shape index (κ2) is 10.1. The normalized spacial score (nSPS) is 24.9. The maximum atomic E-state index is 14.1. The number of quaternary nitrogens is 1. The first-order valence-electron chi connectivity index (χ1n) is 13.1. The SMILES string of the molecule is CCC(=O)OCOC(C(=O)OC1CC2CCC(C1)[N+]21CCCC1)(c1ccccc1)c1ccccc1. The van der Waals surface area contributed by atoms with Gasteiger partial charge in [-0.25, -0.2) is 4.79 Å². The van der Waals surface area contributed by atoms with E-state index in [0.29, 0.717) is 23.2 Å². The second-order valence-electron chi connectivity index (χ2n) is 10.2. The van der Waals surface area contributed by atoms with Gasteiger partial charge in [0.1, 0.15) is 6.10 Å². The van der Waals surface area contributed by atoms with E-state index in [1.54, 1.807) is 6.92 Å². The highest BCUT2D eigenvalue weighted by Gasteiger charge is 2.56. The maximum absolute atomic E-state index is 14.1. The van der Waals surface area contributed by atoms with Crippen molar-refractivity contribution >= 4 is 11.9 Å². The molecule has 2 atom stereocenters. The van der Waals surface area contributed by atoms with Crippen molar-refractivity contribution in [1.82, 2.24) is 0 Å². The number of ether oxygens (including phenoxy) is 3. The first-order valence-corrected chi connectivity index (χ1v) is 13.1. The van der Waals surface area contributed by atoms with Crippen LogP contribution in [0.25, 0.3) is 0 Å². The zero-order valence-electron chi connectivity index (χ0n) is 20.6. The fraction of sp³-hybridized carbons (Fsp3) is 0.517. The summed E-state index contributed by atoms with van der Waals surface area (Å²) in [5, 5.41) is 0. The number of hydrogen-bond donors (Lipinski definition) is 0. The average molecular weight is 479 g/mol. The van der Waals surface area contributed by atoms with Crippen molar-refractivity contribution in [2.75, 3.05) is 19.9 Å². The van der Waals surface area contributed by atoms with Gasteiger partial charge in [-0.2, -0.15) is 0 Å². The molecular formula is C29H36NO5+. The van der Waals surface area contributed by atoms with Crippen molar-refractivity contribution < 1.29 is 28.3 Å². The second-order valence-corrected chi connectivity index (χ2v) is 10.2. The number of carbonyl (C=O) groups excluding carboxylic acids is 2. The number of rotatable bonds is 8. The van der Waals surface area contributed by atoms with Crippen LogP contribution >= 0.6 is 0 Å². The minimum Gasteiger partial charge on any atom is -0.459 e. The summed E-state index contributed by atoms with van der Waals surface area (Å²) in [5.41, 5.74) is -0.205. The lowest BCUT2D eigenvalue weighted by Gasteiger charge is -2.47. The highest BCUT2D eigenvalue weighted by Crippen LogP contribution is 2.47. The minimum atomic E-state index is -1.52. The number of hydrogen-bond acceptors (Lipinski definition) is 5. The van der Waals surface area contributed by atoms with Crippen molar-refractivity contribution in [2.45, 2.75) is 75.7 Å². The molecule has 5 rings (SSSR count). The summed E-state index contributed by atoms with van der Waals surface area (Å²) >= 11 is 0. The number of esters is 2. The first kappa shape index (κ1) is 24.0. The molecule has 0 radical (unpaired) electrons. The monoisotopic (exact) mass is 478 g/mol. The maximum Gasteiger partial charge on any atom is 0.348 e. The van der Waals surface area contributed by atoms with E-state index in [2.05, 4.69) is 0 Å². The van der Waals surface area contributed by atoms with Crippen LogP contribution in [0.1, 0.15) is 63.0 Å². The van der Waals surface area contributed by atoms with E-state index in [0.717, 1.165) is 12.8 Å². The third-order valence-corrected chi connectivity index (χ3v) is 8.46. The quantitative estimate of drug-likeness (QED) is 0.313. The smallest absolute Gasteiger partial charge is 0.348 e. The molecule has 2 bridgehead atoms. The molecule has 0 aliphatic carbocycles. The Morgan fingerprint density at radius 2 is 1.43 bits per heavy atom. The molecule has 0 N–H and O–H groups in total. The molecule has 0 aromatic heterocycles. The van der Waals surface area contributed by atoms with Gasteiger partial charge in [0.05, 0.1) is 25.2 Å². The van der Waals surface area contributed by atoms with Crippen molar-refractivity contribution in [3.63, 3.8) is 0 Å². The minimum absolute atomic E-state index is 0.127. The summed E-state index contributed by atoms with van der Waals surface area (Å²) in [5.74, 6) is -0.821. The lowest BCUT2D eigenvalue weighted by atomic mass is 9.85. The number of piperidine rings is 1. The van der Waals surface area contributed by atoms with Crippen LogP contribution in [0.5, 0.6) is 0 Å². The molecule has 186 valence electrons.